The maximum absolute atomic E-state index is 11.8. The van der Waals surface area contributed by atoms with Crippen LogP contribution in [0.4, 0.5) is 0 Å². The summed E-state index contributed by atoms with van der Waals surface area (Å²) in [5, 5.41) is 65.9. The molecule has 10 heteroatoms. The van der Waals surface area contributed by atoms with Crippen LogP contribution in [0.2, 0.25) is 0 Å². The predicted molar refractivity (Wildman–Crippen MR) is 136 cm³/mol. The number of benzene rings is 2. The molecule has 0 saturated heterocycles. The summed E-state index contributed by atoms with van der Waals surface area (Å²) in [4.78, 5) is 0. The third kappa shape index (κ3) is 7.25. The Balaban J connectivity index is 2.59. The van der Waals surface area contributed by atoms with E-state index in [1.165, 1.54) is 28.4 Å². The molecule has 6 N–H and O–H groups in total. The van der Waals surface area contributed by atoms with E-state index in [0.29, 0.717) is 40.5 Å². The van der Waals surface area contributed by atoms with Gasteiger partial charge < -0.3 is 49.6 Å². The second-order valence-corrected chi connectivity index (χ2v) is 9.24. The Morgan fingerprint density at radius 1 is 0.703 bits per heavy atom. The number of ether oxygens (including phenoxy) is 4. The lowest BCUT2D eigenvalue weighted by Crippen LogP contribution is -2.66. The molecule has 0 fully saturated rings. The number of methoxy groups -OCH3 is 4. The lowest BCUT2D eigenvalue weighted by atomic mass is 9.71. The maximum Gasteiger partial charge on any atom is 0.126 e. The smallest absolute Gasteiger partial charge is 0.126 e. The number of rotatable bonds is 15. The Morgan fingerprint density at radius 2 is 1.11 bits per heavy atom. The first-order chi connectivity index (χ1) is 17.5. The van der Waals surface area contributed by atoms with Crippen LogP contribution in [0.1, 0.15) is 30.9 Å². The van der Waals surface area contributed by atoms with Crippen LogP contribution in [0.3, 0.4) is 0 Å². The van der Waals surface area contributed by atoms with E-state index in [9.17, 15) is 30.6 Å². The van der Waals surface area contributed by atoms with Gasteiger partial charge in [0.15, 0.2) is 0 Å². The first-order valence-corrected chi connectivity index (χ1v) is 12.0. The van der Waals surface area contributed by atoms with Crippen LogP contribution < -0.4 is 18.9 Å². The van der Waals surface area contributed by atoms with E-state index >= 15 is 0 Å². The van der Waals surface area contributed by atoms with Gasteiger partial charge in [0.25, 0.3) is 0 Å². The highest BCUT2D eigenvalue weighted by Crippen LogP contribution is 2.37. The zero-order valence-electron chi connectivity index (χ0n) is 22.0. The fraction of sp³-hybridized carbons (Fsp3) is 0.556. The highest BCUT2D eigenvalue weighted by atomic mass is 16.5. The van der Waals surface area contributed by atoms with Crippen LogP contribution in [0.25, 0.3) is 0 Å². The molecule has 10 nitrogen and oxygen atoms in total. The molecule has 2 rings (SSSR count). The van der Waals surface area contributed by atoms with Crippen molar-refractivity contribution in [1.82, 2.24) is 0 Å². The minimum absolute atomic E-state index is 0.0410. The summed E-state index contributed by atoms with van der Waals surface area (Å²) in [6.45, 7) is 0.922. The average molecular weight is 525 g/mol. The van der Waals surface area contributed by atoms with Crippen molar-refractivity contribution >= 4 is 0 Å². The number of aliphatic hydroxyl groups is 6. The third-order valence-electron chi connectivity index (χ3n) is 6.55. The predicted octanol–water partition coefficient (Wildman–Crippen LogP) is 0.843. The molecule has 2 aromatic rings. The standard InChI is InChI=1S/C27H40O10/c1-6-7-26(32,14-17-8-19(34-2)12-20(9-17)35-3)25(31)27(33,24(30)23(29)16-28)15-18-10-21(36-4)13-22(11-18)37-5/h8-13,23-25,28-33H,6-7,14-16H2,1-5H3/t23-,24+,25+,26?,27+/m0/s1. The fourth-order valence-electron chi connectivity index (χ4n) is 4.63. The number of hydrogen-bond acceptors (Lipinski definition) is 10. The van der Waals surface area contributed by atoms with Gasteiger partial charge in [0, 0.05) is 25.0 Å². The zero-order valence-corrected chi connectivity index (χ0v) is 22.0. The van der Waals surface area contributed by atoms with Crippen LogP contribution in [0.15, 0.2) is 36.4 Å². The van der Waals surface area contributed by atoms with E-state index in [1.54, 1.807) is 43.3 Å². The maximum atomic E-state index is 11.8. The van der Waals surface area contributed by atoms with Crippen molar-refractivity contribution < 1.29 is 49.6 Å². The molecular formula is C27H40O10. The van der Waals surface area contributed by atoms with Crippen LogP contribution in [0, 0.1) is 0 Å². The summed E-state index contributed by atoms with van der Waals surface area (Å²) in [6, 6.07) is 9.75. The Labute approximate surface area is 217 Å². The van der Waals surface area contributed by atoms with Gasteiger partial charge in [0.1, 0.15) is 46.9 Å². The van der Waals surface area contributed by atoms with Gasteiger partial charge in [-0.25, -0.2) is 0 Å². The van der Waals surface area contributed by atoms with Gasteiger partial charge in [-0.3, -0.25) is 0 Å². The highest BCUT2D eigenvalue weighted by molar-refractivity contribution is 5.41. The van der Waals surface area contributed by atoms with E-state index in [2.05, 4.69) is 0 Å². The van der Waals surface area contributed by atoms with E-state index in [0.717, 1.165) is 0 Å². The van der Waals surface area contributed by atoms with Crippen molar-refractivity contribution in [1.29, 1.82) is 0 Å². The van der Waals surface area contributed by atoms with Gasteiger partial charge in [-0.15, -0.1) is 0 Å². The summed E-state index contributed by atoms with van der Waals surface area (Å²) in [5.41, 5.74) is -3.51. The SMILES string of the molecule is CCCC(O)(Cc1cc(OC)cc(OC)c1)[C@@H](O)[C@@](O)(Cc1cc(OC)cc(OC)c1)[C@H](O)[C@@H](O)CO. The molecule has 0 radical (unpaired) electrons. The molecule has 5 atom stereocenters. The lowest BCUT2D eigenvalue weighted by Gasteiger charge is -2.46. The normalized spacial score (nSPS) is 17.2. The van der Waals surface area contributed by atoms with Gasteiger partial charge in [-0.2, -0.15) is 0 Å². The quantitative estimate of drug-likeness (QED) is 0.197. The van der Waals surface area contributed by atoms with Crippen molar-refractivity contribution in [3.63, 3.8) is 0 Å². The monoisotopic (exact) mass is 524 g/mol. The first-order valence-electron chi connectivity index (χ1n) is 12.0. The topological polar surface area (TPSA) is 158 Å². The van der Waals surface area contributed by atoms with Crippen molar-refractivity contribution in [2.24, 2.45) is 0 Å². The van der Waals surface area contributed by atoms with Gasteiger partial charge in [0.2, 0.25) is 0 Å². The Kier molecular flexibility index (Phi) is 11.0. The number of aliphatic hydroxyl groups excluding tert-OH is 4. The molecule has 2 aromatic carbocycles. The molecule has 0 aliphatic rings. The van der Waals surface area contributed by atoms with Crippen molar-refractivity contribution in [3.05, 3.63) is 47.5 Å². The zero-order chi connectivity index (χ0) is 27.8. The molecule has 0 aliphatic heterocycles. The third-order valence-corrected chi connectivity index (χ3v) is 6.55. The summed E-state index contributed by atoms with van der Waals surface area (Å²) < 4.78 is 21.2. The minimum Gasteiger partial charge on any atom is -0.497 e. The van der Waals surface area contributed by atoms with Crippen LogP contribution in [-0.2, 0) is 12.8 Å². The van der Waals surface area contributed by atoms with E-state index in [1.807, 2.05) is 0 Å². The molecule has 0 amide bonds. The van der Waals surface area contributed by atoms with Gasteiger partial charge in [0.05, 0.1) is 40.6 Å². The average Bonchev–Trinajstić information content (AvgIpc) is 2.90. The Morgan fingerprint density at radius 3 is 1.46 bits per heavy atom. The van der Waals surface area contributed by atoms with Gasteiger partial charge in [-0.05, 0) is 41.8 Å². The van der Waals surface area contributed by atoms with Crippen LogP contribution in [-0.4, -0.2) is 95.2 Å². The minimum atomic E-state index is -2.49. The number of hydrogen-bond donors (Lipinski definition) is 6. The van der Waals surface area contributed by atoms with E-state index in [-0.39, 0.29) is 12.8 Å². The van der Waals surface area contributed by atoms with E-state index < -0.39 is 42.5 Å². The first kappa shape index (κ1) is 30.6. The van der Waals surface area contributed by atoms with Crippen molar-refractivity contribution in [2.75, 3.05) is 35.0 Å². The van der Waals surface area contributed by atoms with Crippen LogP contribution in [0.5, 0.6) is 23.0 Å². The fourth-order valence-corrected chi connectivity index (χ4v) is 4.63. The van der Waals surface area contributed by atoms with E-state index in [4.69, 9.17) is 18.9 Å². The molecule has 0 aromatic heterocycles. The molecule has 0 aliphatic carbocycles. The molecule has 0 bridgehead atoms. The van der Waals surface area contributed by atoms with Crippen LogP contribution >= 0.6 is 0 Å². The van der Waals surface area contributed by atoms with Crippen molar-refractivity contribution in [3.8, 4) is 23.0 Å². The summed E-state index contributed by atoms with van der Waals surface area (Å²) >= 11 is 0. The molecular weight excluding hydrogens is 484 g/mol. The molecule has 37 heavy (non-hydrogen) atoms. The molecule has 0 spiro atoms. The molecule has 1 unspecified atom stereocenters. The summed E-state index contributed by atoms with van der Waals surface area (Å²) in [7, 11) is 5.87. The lowest BCUT2D eigenvalue weighted by molar-refractivity contribution is -0.230. The van der Waals surface area contributed by atoms with Crippen molar-refractivity contribution in [2.45, 2.75) is 62.1 Å². The largest absolute Gasteiger partial charge is 0.497 e. The summed E-state index contributed by atoms with van der Waals surface area (Å²) in [5.74, 6) is 1.74. The Hall–Kier alpha value is -2.60. The second-order valence-electron chi connectivity index (χ2n) is 9.24. The molecule has 208 valence electrons. The molecule has 0 heterocycles. The Bertz CT molecular complexity index is 955. The highest BCUT2D eigenvalue weighted by Gasteiger charge is 2.54. The summed E-state index contributed by atoms with van der Waals surface area (Å²) in [6.07, 6.45) is -5.86. The van der Waals surface area contributed by atoms with Gasteiger partial charge in [-0.1, -0.05) is 13.3 Å². The molecule has 0 saturated carbocycles. The van der Waals surface area contributed by atoms with Gasteiger partial charge >= 0.3 is 0 Å². The second kappa shape index (κ2) is 13.3.